The summed E-state index contributed by atoms with van der Waals surface area (Å²) >= 11 is 0. The Hall–Kier alpha value is -1.59. The molecule has 0 heterocycles. The molecule has 158 valence electrons. The van der Waals surface area contributed by atoms with Crippen LogP contribution in [0.1, 0.15) is 57.1 Å². The van der Waals surface area contributed by atoms with E-state index in [-0.39, 0.29) is 0 Å². The quantitative estimate of drug-likeness (QED) is 0.344. The molecule has 2 rings (SSSR count). The fraction of sp³-hybridized carbons (Fsp3) is 0.696. The number of benzene rings is 1. The number of hydrogen-bond acceptors (Lipinski definition) is 3. The van der Waals surface area contributed by atoms with Crippen LogP contribution in [0, 0.1) is 5.41 Å². The van der Waals surface area contributed by atoms with Crippen LogP contribution in [0.3, 0.4) is 0 Å². The van der Waals surface area contributed by atoms with Gasteiger partial charge in [-0.15, -0.1) is 0 Å². The zero-order chi connectivity index (χ0) is 20.2. The van der Waals surface area contributed by atoms with Gasteiger partial charge in [0, 0.05) is 39.9 Å². The van der Waals surface area contributed by atoms with E-state index in [0.717, 1.165) is 51.8 Å². The zero-order valence-electron chi connectivity index (χ0n) is 18.4. The van der Waals surface area contributed by atoms with E-state index in [0.29, 0.717) is 5.41 Å². The third-order valence-electron chi connectivity index (χ3n) is 5.94. The fourth-order valence-electron chi connectivity index (χ4n) is 4.01. The molecular formula is C23H40N4O. The lowest BCUT2D eigenvalue weighted by Gasteiger charge is -2.30. The normalized spacial score (nSPS) is 16.5. The molecule has 1 saturated carbocycles. The molecule has 1 aromatic carbocycles. The molecule has 0 atom stereocenters. The monoisotopic (exact) mass is 388 g/mol. The first kappa shape index (κ1) is 22.7. The summed E-state index contributed by atoms with van der Waals surface area (Å²) in [4.78, 5) is 6.75. The van der Waals surface area contributed by atoms with Gasteiger partial charge in [0.25, 0.3) is 0 Å². The Morgan fingerprint density at radius 1 is 1.18 bits per heavy atom. The number of rotatable bonds is 11. The van der Waals surface area contributed by atoms with Crippen molar-refractivity contribution < 1.29 is 4.74 Å². The number of hydrogen-bond donors (Lipinski definition) is 2. The van der Waals surface area contributed by atoms with Gasteiger partial charge < -0.3 is 20.3 Å². The molecule has 5 nitrogen and oxygen atoms in total. The predicted molar refractivity (Wildman–Crippen MR) is 119 cm³/mol. The average Bonchev–Trinajstić information content (AvgIpc) is 3.17. The van der Waals surface area contributed by atoms with Crippen molar-refractivity contribution in [1.82, 2.24) is 15.5 Å². The maximum Gasteiger partial charge on any atom is 0.191 e. The van der Waals surface area contributed by atoms with E-state index in [9.17, 15) is 0 Å². The Morgan fingerprint density at radius 2 is 1.93 bits per heavy atom. The first-order valence-corrected chi connectivity index (χ1v) is 10.9. The zero-order valence-corrected chi connectivity index (χ0v) is 18.4. The Morgan fingerprint density at radius 3 is 2.61 bits per heavy atom. The van der Waals surface area contributed by atoms with Crippen LogP contribution in [0.25, 0.3) is 0 Å². The van der Waals surface area contributed by atoms with Gasteiger partial charge >= 0.3 is 0 Å². The summed E-state index contributed by atoms with van der Waals surface area (Å²) in [6.45, 7) is 9.73. The predicted octanol–water partition coefficient (Wildman–Crippen LogP) is 3.79. The van der Waals surface area contributed by atoms with Crippen LogP contribution in [0.4, 0.5) is 0 Å². The van der Waals surface area contributed by atoms with Crippen LogP contribution in [0.5, 0.6) is 0 Å². The molecule has 0 radical (unpaired) electrons. The molecule has 1 fully saturated rings. The summed E-state index contributed by atoms with van der Waals surface area (Å²) in [5.74, 6) is 0.888. The lowest BCUT2D eigenvalue weighted by molar-refractivity contribution is 0.105. The number of nitrogens with one attached hydrogen (secondary N) is 2. The average molecular weight is 389 g/mol. The van der Waals surface area contributed by atoms with Crippen molar-refractivity contribution in [3.63, 3.8) is 0 Å². The number of nitrogens with zero attached hydrogens (tertiary/aromatic N) is 2. The Kier molecular flexibility index (Phi) is 9.79. The van der Waals surface area contributed by atoms with Crippen molar-refractivity contribution in [2.75, 3.05) is 40.4 Å². The highest BCUT2D eigenvalue weighted by molar-refractivity contribution is 5.79. The Balaban J connectivity index is 1.84. The van der Waals surface area contributed by atoms with Gasteiger partial charge in [-0.05, 0) is 56.3 Å². The molecular weight excluding hydrogens is 348 g/mol. The minimum absolute atomic E-state index is 0.359. The third kappa shape index (κ3) is 7.44. The maximum absolute atomic E-state index is 5.63. The highest BCUT2D eigenvalue weighted by Gasteiger charge is 2.33. The Bertz CT molecular complexity index is 596. The van der Waals surface area contributed by atoms with E-state index in [4.69, 9.17) is 4.74 Å². The highest BCUT2D eigenvalue weighted by Crippen LogP contribution is 2.40. The Labute approximate surface area is 171 Å². The van der Waals surface area contributed by atoms with E-state index < -0.39 is 0 Å². The fourth-order valence-corrected chi connectivity index (χ4v) is 4.01. The molecule has 1 aromatic rings. The topological polar surface area (TPSA) is 48.9 Å². The summed E-state index contributed by atoms with van der Waals surface area (Å²) in [6, 6.07) is 8.81. The van der Waals surface area contributed by atoms with Crippen LogP contribution in [-0.4, -0.2) is 51.3 Å². The molecule has 0 amide bonds. The van der Waals surface area contributed by atoms with Gasteiger partial charge in [0.2, 0.25) is 0 Å². The van der Waals surface area contributed by atoms with Crippen molar-refractivity contribution >= 4 is 5.96 Å². The highest BCUT2D eigenvalue weighted by atomic mass is 16.5. The van der Waals surface area contributed by atoms with Crippen LogP contribution >= 0.6 is 0 Å². The minimum atomic E-state index is 0.359. The van der Waals surface area contributed by atoms with Crippen molar-refractivity contribution in [3.05, 3.63) is 35.4 Å². The molecule has 0 unspecified atom stereocenters. The van der Waals surface area contributed by atoms with Gasteiger partial charge in [0.05, 0.1) is 0 Å². The van der Waals surface area contributed by atoms with Crippen LogP contribution in [0.2, 0.25) is 0 Å². The smallest absolute Gasteiger partial charge is 0.191 e. The minimum Gasteiger partial charge on any atom is -0.382 e. The first-order chi connectivity index (χ1) is 13.6. The summed E-state index contributed by atoms with van der Waals surface area (Å²) in [5, 5.41) is 7.06. The lowest BCUT2D eigenvalue weighted by Crippen LogP contribution is -2.43. The van der Waals surface area contributed by atoms with Crippen molar-refractivity contribution in [2.45, 2.75) is 59.0 Å². The lowest BCUT2D eigenvalue weighted by atomic mass is 9.83. The number of aliphatic imine (C=N–C) groups is 1. The van der Waals surface area contributed by atoms with Gasteiger partial charge in [0.1, 0.15) is 0 Å². The molecule has 0 spiro atoms. The van der Waals surface area contributed by atoms with Crippen LogP contribution in [-0.2, 0) is 17.8 Å². The van der Waals surface area contributed by atoms with Crippen molar-refractivity contribution in [2.24, 2.45) is 10.4 Å². The van der Waals surface area contributed by atoms with Crippen LogP contribution in [0.15, 0.2) is 29.3 Å². The standard InChI is InChI=1S/C23H40N4O/c1-5-27(4)18-21-11-9-10-20(16-21)17-25-22(24-3)26-19-23(12-7-8-13-23)14-15-28-6-2/h9-11,16H,5-8,12-15,17-19H2,1-4H3,(H2,24,25,26). The second kappa shape index (κ2) is 12.1. The molecule has 1 aliphatic carbocycles. The molecule has 0 bridgehead atoms. The van der Waals surface area contributed by atoms with Crippen LogP contribution < -0.4 is 10.6 Å². The van der Waals surface area contributed by atoms with Crippen molar-refractivity contribution in [3.8, 4) is 0 Å². The summed E-state index contributed by atoms with van der Waals surface area (Å²) in [6.07, 6.45) is 6.38. The second-order valence-corrected chi connectivity index (χ2v) is 8.08. The molecule has 0 aliphatic heterocycles. The summed E-state index contributed by atoms with van der Waals surface area (Å²) in [5.41, 5.74) is 3.00. The van der Waals surface area contributed by atoms with E-state index in [1.807, 2.05) is 7.05 Å². The number of guanidine groups is 1. The molecule has 5 heteroatoms. The van der Waals surface area contributed by atoms with Gasteiger partial charge in [-0.3, -0.25) is 4.99 Å². The van der Waals surface area contributed by atoms with E-state index in [2.05, 4.69) is 65.7 Å². The van der Waals surface area contributed by atoms with Gasteiger partial charge in [-0.2, -0.15) is 0 Å². The molecule has 0 saturated heterocycles. The molecule has 0 aromatic heterocycles. The first-order valence-electron chi connectivity index (χ1n) is 10.9. The summed E-state index contributed by atoms with van der Waals surface area (Å²) in [7, 11) is 4.00. The second-order valence-electron chi connectivity index (χ2n) is 8.08. The van der Waals surface area contributed by atoms with Gasteiger partial charge in [0.15, 0.2) is 5.96 Å². The van der Waals surface area contributed by atoms with E-state index in [1.165, 1.54) is 36.8 Å². The summed E-state index contributed by atoms with van der Waals surface area (Å²) < 4.78 is 5.63. The molecule has 28 heavy (non-hydrogen) atoms. The number of ether oxygens (including phenoxy) is 1. The third-order valence-corrected chi connectivity index (χ3v) is 5.94. The maximum atomic E-state index is 5.63. The van der Waals surface area contributed by atoms with Gasteiger partial charge in [-0.1, -0.05) is 44.0 Å². The van der Waals surface area contributed by atoms with E-state index >= 15 is 0 Å². The SMILES string of the molecule is CCOCCC1(CNC(=NC)NCc2cccc(CN(C)CC)c2)CCCC1. The largest absolute Gasteiger partial charge is 0.382 e. The van der Waals surface area contributed by atoms with Gasteiger partial charge in [-0.25, -0.2) is 0 Å². The molecule has 2 N–H and O–H groups in total. The molecule has 1 aliphatic rings. The van der Waals surface area contributed by atoms with E-state index in [1.54, 1.807) is 0 Å². The van der Waals surface area contributed by atoms with Crippen molar-refractivity contribution in [1.29, 1.82) is 0 Å².